The van der Waals surface area contributed by atoms with Gasteiger partial charge in [-0.1, -0.05) is 24.8 Å². The van der Waals surface area contributed by atoms with E-state index in [1.807, 2.05) is 0 Å². The summed E-state index contributed by atoms with van der Waals surface area (Å²) in [5.74, 6) is 1.02. The lowest BCUT2D eigenvalue weighted by atomic mass is 10.0. The first-order chi connectivity index (χ1) is 14.7. The number of ether oxygens (including phenoxy) is 1. The number of nitrogens with zero attached hydrogens (tertiary/aromatic N) is 4. The van der Waals surface area contributed by atoms with Crippen molar-refractivity contribution in [1.82, 2.24) is 14.5 Å². The van der Waals surface area contributed by atoms with E-state index in [1.54, 1.807) is 45.3 Å². The molecule has 1 fully saturated rings. The number of pyridine rings is 1. The first-order valence-electron chi connectivity index (χ1n) is 10.1. The highest BCUT2D eigenvalue weighted by atomic mass is 32.2. The summed E-state index contributed by atoms with van der Waals surface area (Å²) in [4.78, 5) is 21.4. The minimum atomic E-state index is -3.56. The van der Waals surface area contributed by atoms with Crippen LogP contribution in [0.1, 0.15) is 30.9 Å². The highest BCUT2D eigenvalue weighted by Gasteiger charge is 2.26. The first kappa shape index (κ1) is 22.7. The topological polar surface area (TPSA) is 94.4 Å². The summed E-state index contributed by atoms with van der Waals surface area (Å²) in [5, 5.41) is 0. The zero-order chi connectivity index (χ0) is 22.8. The Balaban J connectivity index is 2.25. The smallest absolute Gasteiger partial charge is 0.253 e. The average molecular weight is 445 g/mol. The first-order valence-corrected chi connectivity index (χ1v) is 12.0. The van der Waals surface area contributed by atoms with Gasteiger partial charge in [-0.25, -0.2) is 22.7 Å². The normalized spacial score (nSPS) is 14.1. The average Bonchev–Trinajstić information content (AvgIpc) is 3.54. The molecule has 8 nitrogen and oxygen atoms in total. The van der Waals surface area contributed by atoms with Gasteiger partial charge >= 0.3 is 0 Å². The van der Waals surface area contributed by atoms with Crippen molar-refractivity contribution in [2.45, 2.75) is 26.7 Å². The lowest BCUT2D eigenvalue weighted by Gasteiger charge is -2.21. The lowest BCUT2D eigenvalue weighted by Crippen LogP contribution is -2.31. The van der Waals surface area contributed by atoms with E-state index < -0.39 is 10.0 Å². The Morgan fingerprint density at radius 2 is 2.10 bits per heavy atom. The summed E-state index contributed by atoms with van der Waals surface area (Å²) in [6.07, 6.45) is 11.7. The van der Waals surface area contributed by atoms with Crippen LogP contribution in [0.4, 0.5) is 5.95 Å². The molecule has 166 valence electrons. The van der Waals surface area contributed by atoms with Gasteiger partial charge in [0.2, 0.25) is 16.0 Å². The van der Waals surface area contributed by atoms with Crippen molar-refractivity contribution in [2.75, 3.05) is 23.7 Å². The third-order valence-corrected chi connectivity index (χ3v) is 6.36. The second-order valence-corrected chi connectivity index (χ2v) is 9.56. The van der Waals surface area contributed by atoms with Crippen LogP contribution < -0.4 is 14.6 Å². The van der Waals surface area contributed by atoms with Crippen LogP contribution in [0.5, 0.6) is 5.75 Å². The molecule has 2 aromatic rings. The van der Waals surface area contributed by atoms with Crippen LogP contribution in [-0.2, 0) is 17.1 Å². The van der Waals surface area contributed by atoms with Crippen molar-refractivity contribution < 1.29 is 13.2 Å². The lowest BCUT2D eigenvalue weighted by molar-refractivity contribution is 0.299. The van der Waals surface area contributed by atoms with E-state index in [2.05, 4.69) is 16.5 Å². The quantitative estimate of drug-likeness (QED) is 0.552. The molecular formula is C22H28N4O4S. The predicted octanol–water partition coefficient (Wildman–Crippen LogP) is 2.92. The number of anilines is 1. The maximum Gasteiger partial charge on any atom is 0.253 e. The van der Waals surface area contributed by atoms with Crippen LogP contribution in [0.15, 0.2) is 35.9 Å². The molecule has 0 N–H and O–H groups in total. The molecule has 0 bridgehead atoms. The molecule has 0 amide bonds. The van der Waals surface area contributed by atoms with Gasteiger partial charge < -0.3 is 9.30 Å². The van der Waals surface area contributed by atoms with E-state index in [0.29, 0.717) is 40.7 Å². The van der Waals surface area contributed by atoms with Gasteiger partial charge in [0.25, 0.3) is 5.56 Å². The van der Waals surface area contributed by atoms with Crippen molar-refractivity contribution in [3.63, 3.8) is 0 Å². The number of sulfonamides is 1. The fraction of sp³-hybridized carbons (Fsp3) is 0.409. The van der Waals surface area contributed by atoms with Crippen molar-refractivity contribution in [3.8, 4) is 17.0 Å². The van der Waals surface area contributed by atoms with E-state index >= 15 is 0 Å². The summed E-state index contributed by atoms with van der Waals surface area (Å²) >= 11 is 0. The van der Waals surface area contributed by atoms with Crippen molar-refractivity contribution >= 4 is 22.0 Å². The molecule has 2 aromatic heterocycles. The SMILES string of the molecule is C=C/C=C\c1c(-c2nc(N(CC)S(C)(=O)=O)ncc2OCC2CC2)cn(C)c(=O)c1C. The molecule has 0 spiro atoms. The largest absolute Gasteiger partial charge is 0.489 e. The summed E-state index contributed by atoms with van der Waals surface area (Å²) in [5.41, 5.74) is 2.17. The Morgan fingerprint density at radius 3 is 2.68 bits per heavy atom. The number of rotatable bonds is 9. The second kappa shape index (κ2) is 9.05. The third-order valence-electron chi connectivity index (χ3n) is 5.14. The number of aromatic nitrogens is 3. The molecule has 1 aliphatic rings. The maximum atomic E-state index is 12.5. The van der Waals surface area contributed by atoms with Crippen LogP contribution in [0.2, 0.25) is 0 Å². The Bertz CT molecular complexity index is 1180. The molecule has 0 saturated heterocycles. The van der Waals surface area contributed by atoms with Gasteiger partial charge in [-0.05, 0) is 38.2 Å². The van der Waals surface area contributed by atoms with Gasteiger partial charge in [0.05, 0.1) is 19.1 Å². The molecule has 31 heavy (non-hydrogen) atoms. The zero-order valence-corrected chi connectivity index (χ0v) is 19.1. The summed E-state index contributed by atoms with van der Waals surface area (Å²) < 4.78 is 33.1. The Kier molecular flexibility index (Phi) is 6.64. The molecule has 0 radical (unpaired) electrons. The van der Waals surface area contributed by atoms with Gasteiger partial charge in [-0.15, -0.1) is 0 Å². The fourth-order valence-electron chi connectivity index (χ4n) is 3.27. The monoisotopic (exact) mass is 444 g/mol. The van der Waals surface area contributed by atoms with Crippen LogP contribution in [-0.4, -0.2) is 42.4 Å². The summed E-state index contributed by atoms with van der Waals surface area (Å²) in [6, 6.07) is 0. The molecule has 0 aliphatic heterocycles. The van der Waals surface area contributed by atoms with Gasteiger partial charge in [0.1, 0.15) is 5.69 Å². The third kappa shape index (κ3) is 5.04. The number of hydrogen-bond donors (Lipinski definition) is 0. The molecule has 9 heteroatoms. The number of aryl methyl sites for hydroxylation is 1. The second-order valence-electron chi connectivity index (χ2n) is 7.66. The Labute approximate surface area is 183 Å². The van der Waals surface area contributed by atoms with Crippen LogP contribution in [0.25, 0.3) is 17.3 Å². The van der Waals surface area contributed by atoms with Crippen LogP contribution in [0, 0.1) is 12.8 Å². The van der Waals surface area contributed by atoms with Crippen molar-refractivity contribution in [3.05, 3.63) is 52.6 Å². The molecular weight excluding hydrogens is 416 g/mol. The van der Waals surface area contributed by atoms with E-state index in [-0.39, 0.29) is 18.1 Å². The highest BCUT2D eigenvalue weighted by molar-refractivity contribution is 7.92. The number of allylic oxidation sites excluding steroid dienone is 2. The van der Waals surface area contributed by atoms with Crippen molar-refractivity contribution in [1.29, 1.82) is 0 Å². The molecule has 1 aliphatic carbocycles. The molecule has 0 aromatic carbocycles. The minimum absolute atomic E-state index is 0.0592. The van der Waals surface area contributed by atoms with Gasteiger partial charge in [0, 0.05) is 30.9 Å². The van der Waals surface area contributed by atoms with Crippen LogP contribution >= 0.6 is 0 Å². The molecule has 0 unspecified atom stereocenters. The van der Waals surface area contributed by atoms with Gasteiger partial charge in [0.15, 0.2) is 5.75 Å². The van der Waals surface area contributed by atoms with E-state index in [4.69, 9.17) is 4.74 Å². The van der Waals surface area contributed by atoms with E-state index in [0.717, 1.165) is 23.4 Å². The standard InChI is InChI=1S/C22H28N4O4S/c1-6-8-9-17-15(3)21(27)25(4)13-18(17)20-19(30-14-16-10-11-16)12-23-22(24-20)26(7-2)31(5,28)29/h6,8-9,12-13,16H,1,7,10-11,14H2,2-5H3/b9-8-. The summed E-state index contributed by atoms with van der Waals surface area (Å²) in [7, 11) is -1.89. The van der Waals surface area contributed by atoms with Gasteiger partial charge in [-0.2, -0.15) is 0 Å². The van der Waals surface area contributed by atoms with E-state index in [9.17, 15) is 13.2 Å². The van der Waals surface area contributed by atoms with Crippen LogP contribution in [0.3, 0.4) is 0 Å². The molecule has 2 heterocycles. The summed E-state index contributed by atoms with van der Waals surface area (Å²) in [6.45, 7) is 7.90. The van der Waals surface area contributed by atoms with Gasteiger partial charge in [-0.3, -0.25) is 4.79 Å². The maximum absolute atomic E-state index is 12.5. The fourth-order valence-corrected chi connectivity index (χ4v) is 4.12. The highest BCUT2D eigenvalue weighted by Crippen LogP contribution is 2.35. The Morgan fingerprint density at radius 1 is 1.39 bits per heavy atom. The Hall–Kier alpha value is -2.94. The number of hydrogen-bond acceptors (Lipinski definition) is 6. The molecule has 1 saturated carbocycles. The van der Waals surface area contributed by atoms with Crippen molar-refractivity contribution in [2.24, 2.45) is 13.0 Å². The van der Waals surface area contributed by atoms with E-state index in [1.165, 1.54) is 10.8 Å². The predicted molar refractivity (Wildman–Crippen MR) is 123 cm³/mol. The zero-order valence-electron chi connectivity index (χ0n) is 18.3. The minimum Gasteiger partial charge on any atom is -0.489 e. The molecule has 0 atom stereocenters. The molecule has 3 rings (SSSR count).